The summed E-state index contributed by atoms with van der Waals surface area (Å²) < 4.78 is 36.4. The molecule has 0 spiro atoms. The number of aromatic nitrogens is 3. The molecule has 146 valence electrons. The van der Waals surface area contributed by atoms with Gasteiger partial charge in [-0.25, -0.2) is 18.4 Å². The highest BCUT2D eigenvalue weighted by Gasteiger charge is 2.60. The first-order chi connectivity index (χ1) is 13.3. The summed E-state index contributed by atoms with van der Waals surface area (Å²) in [5.74, 6) is -1.77. The summed E-state index contributed by atoms with van der Waals surface area (Å²) in [6.07, 6.45) is 1.09. The summed E-state index contributed by atoms with van der Waals surface area (Å²) in [4.78, 5) is 4.34. The van der Waals surface area contributed by atoms with Crippen molar-refractivity contribution in [3.8, 4) is 0 Å². The standard InChI is InChI=1S/C21H21F2N3OS/c1-20(2,3)28-19-24-13-25-26(19)12-21(15-10-7-11-16(22)17(15)23)18(27-21)14-8-5-4-6-9-14/h4-11,13,18H,12H2,1-3H3. The van der Waals surface area contributed by atoms with Gasteiger partial charge in [-0.2, -0.15) is 5.10 Å². The van der Waals surface area contributed by atoms with Gasteiger partial charge in [0.15, 0.2) is 16.8 Å². The average Bonchev–Trinajstić information content (AvgIpc) is 3.22. The number of thioether (sulfide) groups is 1. The van der Waals surface area contributed by atoms with Crippen LogP contribution in [0, 0.1) is 11.6 Å². The fourth-order valence-electron chi connectivity index (χ4n) is 3.32. The topological polar surface area (TPSA) is 43.2 Å². The Bertz CT molecular complexity index is 987. The van der Waals surface area contributed by atoms with Crippen LogP contribution in [0.25, 0.3) is 0 Å². The maximum absolute atomic E-state index is 14.7. The van der Waals surface area contributed by atoms with Gasteiger partial charge in [-0.1, -0.05) is 75.0 Å². The van der Waals surface area contributed by atoms with Gasteiger partial charge in [-0.15, -0.1) is 0 Å². The van der Waals surface area contributed by atoms with E-state index in [4.69, 9.17) is 4.74 Å². The molecule has 2 unspecified atom stereocenters. The van der Waals surface area contributed by atoms with E-state index in [0.717, 1.165) is 11.6 Å². The minimum absolute atomic E-state index is 0.0642. The van der Waals surface area contributed by atoms with Gasteiger partial charge in [0.05, 0.1) is 6.54 Å². The molecule has 2 aromatic carbocycles. The van der Waals surface area contributed by atoms with Gasteiger partial charge in [-0.05, 0) is 11.6 Å². The molecule has 0 saturated carbocycles. The molecule has 4 nitrogen and oxygen atoms in total. The second-order valence-electron chi connectivity index (χ2n) is 7.81. The number of epoxide rings is 1. The lowest BCUT2D eigenvalue weighted by Gasteiger charge is -2.20. The van der Waals surface area contributed by atoms with Gasteiger partial charge >= 0.3 is 0 Å². The van der Waals surface area contributed by atoms with Crippen molar-refractivity contribution in [2.75, 3.05) is 0 Å². The zero-order valence-corrected chi connectivity index (χ0v) is 16.7. The summed E-state index contributed by atoms with van der Waals surface area (Å²) in [6, 6.07) is 13.8. The van der Waals surface area contributed by atoms with Crippen molar-refractivity contribution >= 4 is 11.8 Å². The Morgan fingerprint density at radius 2 is 1.86 bits per heavy atom. The van der Waals surface area contributed by atoms with E-state index in [1.165, 1.54) is 12.4 Å². The minimum atomic E-state index is -1.03. The normalized spacial score (nSPS) is 21.7. The van der Waals surface area contributed by atoms with Crippen molar-refractivity contribution in [3.05, 3.63) is 77.6 Å². The molecule has 3 aromatic rings. The Kier molecular flexibility index (Phi) is 4.75. The third-order valence-corrected chi connectivity index (χ3v) is 5.68. The van der Waals surface area contributed by atoms with E-state index in [9.17, 15) is 8.78 Å². The van der Waals surface area contributed by atoms with Crippen LogP contribution in [-0.4, -0.2) is 19.5 Å². The molecular formula is C21H21F2N3OS. The van der Waals surface area contributed by atoms with Crippen molar-refractivity contribution in [3.63, 3.8) is 0 Å². The van der Waals surface area contributed by atoms with Crippen LogP contribution in [0.2, 0.25) is 0 Å². The van der Waals surface area contributed by atoms with E-state index in [-0.39, 0.29) is 23.0 Å². The third-order valence-electron chi connectivity index (χ3n) is 4.57. The molecule has 0 aliphatic carbocycles. The van der Waals surface area contributed by atoms with Crippen molar-refractivity contribution in [2.45, 2.75) is 48.9 Å². The zero-order valence-electron chi connectivity index (χ0n) is 15.9. The van der Waals surface area contributed by atoms with Crippen LogP contribution in [0.5, 0.6) is 0 Å². The van der Waals surface area contributed by atoms with E-state index in [2.05, 4.69) is 30.9 Å². The lowest BCUT2D eigenvalue weighted by atomic mass is 9.91. The van der Waals surface area contributed by atoms with Crippen LogP contribution in [0.3, 0.4) is 0 Å². The Hall–Kier alpha value is -2.25. The second-order valence-corrected chi connectivity index (χ2v) is 9.61. The van der Waals surface area contributed by atoms with E-state index in [1.54, 1.807) is 22.5 Å². The number of benzene rings is 2. The van der Waals surface area contributed by atoms with Gasteiger partial charge in [0.25, 0.3) is 0 Å². The predicted molar refractivity (Wildman–Crippen MR) is 104 cm³/mol. The highest BCUT2D eigenvalue weighted by molar-refractivity contribution is 8.00. The summed E-state index contributed by atoms with van der Waals surface area (Å²) in [5.41, 5.74) is 0.0777. The molecule has 1 aromatic heterocycles. The highest BCUT2D eigenvalue weighted by atomic mass is 32.2. The molecule has 1 fully saturated rings. The molecule has 2 heterocycles. The Labute approximate surface area is 166 Å². The molecule has 4 rings (SSSR count). The molecule has 0 bridgehead atoms. The van der Waals surface area contributed by atoms with Gasteiger partial charge in [0, 0.05) is 10.3 Å². The van der Waals surface area contributed by atoms with Gasteiger partial charge in [0.1, 0.15) is 18.0 Å². The van der Waals surface area contributed by atoms with Crippen LogP contribution in [-0.2, 0) is 16.9 Å². The van der Waals surface area contributed by atoms with Crippen molar-refractivity contribution < 1.29 is 13.5 Å². The molecule has 1 aliphatic heterocycles. The van der Waals surface area contributed by atoms with E-state index < -0.39 is 17.2 Å². The fourth-order valence-corrected chi connectivity index (χ4v) is 4.18. The highest BCUT2D eigenvalue weighted by Crippen LogP contribution is 2.58. The molecule has 7 heteroatoms. The molecule has 28 heavy (non-hydrogen) atoms. The first-order valence-electron chi connectivity index (χ1n) is 9.04. The second kappa shape index (κ2) is 6.97. The minimum Gasteiger partial charge on any atom is -0.354 e. The first-order valence-corrected chi connectivity index (χ1v) is 9.86. The number of halogens is 2. The molecule has 0 amide bonds. The summed E-state index contributed by atoms with van der Waals surface area (Å²) in [6.45, 7) is 6.49. The summed E-state index contributed by atoms with van der Waals surface area (Å²) >= 11 is 1.57. The van der Waals surface area contributed by atoms with Crippen LogP contribution in [0.15, 0.2) is 60.0 Å². The molecule has 0 N–H and O–H groups in total. The molecule has 1 saturated heterocycles. The summed E-state index contributed by atoms with van der Waals surface area (Å²) in [7, 11) is 0. The maximum Gasteiger partial charge on any atom is 0.186 e. The smallest absolute Gasteiger partial charge is 0.186 e. The Morgan fingerprint density at radius 3 is 2.57 bits per heavy atom. The molecular weight excluding hydrogens is 380 g/mol. The Morgan fingerprint density at radius 1 is 1.11 bits per heavy atom. The number of ether oxygens (including phenoxy) is 1. The lowest BCUT2D eigenvalue weighted by Crippen LogP contribution is -2.23. The van der Waals surface area contributed by atoms with E-state index >= 15 is 0 Å². The summed E-state index contributed by atoms with van der Waals surface area (Å²) in [5, 5.41) is 5.03. The number of nitrogens with zero attached hydrogens (tertiary/aromatic N) is 3. The quantitative estimate of drug-likeness (QED) is 0.440. The zero-order chi connectivity index (χ0) is 19.9. The maximum atomic E-state index is 14.7. The largest absolute Gasteiger partial charge is 0.354 e. The fraction of sp³-hybridized carbons (Fsp3) is 0.333. The SMILES string of the molecule is CC(C)(C)Sc1ncnn1CC1(c2cccc(F)c2F)OC1c1ccccc1. The molecule has 1 aliphatic rings. The number of hydrogen-bond donors (Lipinski definition) is 0. The third kappa shape index (κ3) is 3.56. The van der Waals surface area contributed by atoms with Crippen LogP contribution in [0.4, 0.5) is 8.78 Å². The molecule has 0 radical (unpaired) electrons. The first kappa shape index (κ1) is 19.1. The molecule has 2 atom stereocenters. The average molecular weight is 401 g/mol. The van der Waals surface area contributed by atoms with Crippen molar-refractivity contribution in [1.82, 2.24) is 14.8 Å². The van der Waals surface area contributed by atoms with Crippen molar-refractivity contribution in [1.29, 1.82) is 0 Å². The van der Waals surface area contributed by atoms with E-state index in [1.807, 2.05) is 30.3 Å². The van der Waals surface area contributed by atoms with Gasteiger partial charge in [0.2, 0.25) is 0 Å². The predicted octanol–water partition coefficient (Wildman–Crippen LogP) is 5.11. The number of hydrogen-bond acceptors (Lipinski definition) is 4. The Balaban J connectivity index is 1.75. The number of rotatable bonds is 5. The van der Waals surface area contributed by atoms with Gasteiger partial charge in [-0.3, -0.25) is 0 Å². The van der Waals surface area contributed by atoms with Crippen LogP contribution < -0.4 is 0 Å². The van der Waals surface area contributed by atoms with Gasteiger partial charge < -0.3 is 4.74 Å². The monoisotopic (exact) mass is 401 g/mol. The van der Waals surface area contributed by atoms with Crippen LogP contribution in [0.1, 0.15) is 38.0 Å². The van der Waals surface area contributed by atoms with Crippen LogP contribution >= 0.6 is 11.8 Å². The van der Waals surface area contributed by atoms with Crippen molar-refractivity contribution in [2.24, 2.45) is 0 Å². The van der Waals surface area contributed by atoms with E-state index in [0.29, 0.717) is 5.16 Å². The lowest BCUT2D eigenvalue weighted by molar-refractivity contribution is 0.249.